The number of hydrogen-bond donors (Lipinski definition) is 0. The Labute approximate surface area is 92.5 Å². The van der Waals surface area contributed by atoms with E-state index >= 15 is 0 Å². The summed E-state index contributed by atoms with van der Waals surface area (Å²) in [5.41, 5.74) is 0. The van der Waals surface area contributed by atoms with Crippen LogP contribution in [0.25, 0.3) is 0 Å². The number of rotatable bonds is 6. The predicted octanol–water partition coefficient (Wildman–Crippen LogP) is 1.33. The molecular weight excluding hydrogens is 231 g/mol. The summed E-state index contributed by atoms with van der Waals surface area (Å²) in [6.45, 7) is 1.98. The molecule has 0 aromatic rings. The zero-order valence-electron chi connectivity index (χ0n) is 7.79. The van der Waals surface area contributed by atoms with Gasteiger partial charge in [0.1, 0.15) is 12.0 Å². The Hall–Kier alpha value is -0.480. The second-order valence-electron chi connectivity index (χ2n) is 2.41. The molecule has 0 radical (unpaired) electrons. The first-order valence-corrected chi connectivity index (χ1v) is 5.18. The molecule has 14 heavy (non-hydrogen) atoms. The molecule has 0 rings (SSSR count). The van der Waals surface area contributed by atoms with Crippen LogP contribution in [0.1, 0.15) is 13.3 Å². The Morgan fingerprint density at radius 2 is 1.93 bits per heavy atom. The predicted molar refractivity (Wildman–Crippen MR) is 52.6 cm³/mol. The quantitative estimate of drug-likeness (QED) is 0.521. The number of carbonyl (C=O) groups is 2. The molecule has 0 aliphatic rings. The van der Waals surface area contributed by atoms with Gasteiger partial charge in [-0.15, -0.1) is 23.2 Å². The van der Waals surface area contributed by atoms with Crippen molar-refractivity contribution in [2.24, 2.45) is 0 Å². The molecule has 0 aromatic carbocycles. The molecule has 0 aliphatic heterocycles. The van der Waals surface area contributed by atoms with Crippen LogP contribution in [0.5, 0.6) is 0 Å². The first-order valence-electron chi connectivity index (χ1n) is 4.11. The monoisotopic (exact) mass is 242 g/mol. The van der Waals surface area contributed by atoms with Gasteiger partial charge in [0, 0.05) is 0 Å². The van der Waals surface area contributed by atoms with E-state index in [9.17, 15) is 9.59 Å². The van der Waals surface area contributed by atoms with Crippen LogP contribution in [-0.4, -0.2) is 36.4 Å². The van der Waals surface area contributed by atoms with Crippen LogP contribution >= 0.6 is 23.2 Å². The molecule has 82 valence electrons. The average molecular weight is 243 g/mol. The number of esters is 2. The van der Waals surface area contributed by atoms with Gasteiger partial charge in [-0.05, 0) is 6.92 Å². The smallest absolute Gasteiger partial charge is 0.321 e. The summed E-state index contributed by atoms with van der Waals surface area (Å²) in [5, 5.41) is 0. The van der Waals surface area contributed by atoms with Gasteiger partial charge in [-0.25, -0.2) is 0 Å². The zero-order valence-corrected chi connectivity index (χ0v) is 9.31. The first kappa shape index (κ1) is 13.5. The first-order chi connectivity index (χ1) is 6.63. The third kappa shape index (κ3) is 6.05. The highest BCUT2D eigenvalue weighted by Gasteiger charge is 2.17. The van der Waals surface area contributed by atoms with Crippen molar-refractivity contribution in [1.29, 1.82) is 0 Å². The average Bonchev–Trinajstić information content (AvgIpc) is 2.16. The van der Waals surface area contributed by atoms with Gasteiger partial charge in [-0.2, -0.15) is 0 Å². The molecule has 0 saturated heterocycles. The van der Waals surface area contributed by atoms with Crippen molar-refractivity contribution < 1.29 is 19.1 Å². The molecule has 1 atom stereocenters. The van der Waals surface area contributed by atoms with Gasteiger partial charge in [0.15, 0.2) is 0 Å². The van der Waals surface area contributed by atoms with E-state index in [1.807, 2.05) is 0 Å². The highest BCUT2D eigenvalue weighted by molar-refractivity contribution is 6.26. The maximum absolute atomic E-state index is 11.0. The number of ether oxygens (including phenoxy) is 2. The third-order valence-corrected chi connectivity index (χ3v) is 1.84. The summed E-state index contributed by atoms with van der Waals surface area (Å²) >= 11 is 10.7. The molecular formula is C8H12Cl2O4. The van der Waals surface area contributed by atoms with E-state index in [-0.39, 0.29) is 24.8 Å². The molecule has 0 aromatic heterocycles. The highest BCUT2D eigenvalue weighted by atomic mass is 35.5. The van der Waals surface area contributed by atoms with Gasteiger partial charge < -0.3 is 9.47 Å². The number of alkyl halides is 2. The number of halogens is 2. The van der Waals surface area contributed by atoms with Gasteiger partial charge >= 0.3 is 11.9 Å². The fourth-order valence-corrected chi connectivity index (χ4v) is 0.986. The van der Waals surface area contributed by atoms with Crippen LogP contribution in [0.4, 0.5) is 0 Å². The molecule has 4 nitrogen and oxygen atoms in total. The molecule has 0 heterocycles. The highest BCUT2D eigenvalue weighted by Crippen LogP contribution is 2.04. The van der Waals surface area contributed by atoms with Crippen molar-refractivity contribution in [2.45, 2.75) is 19.4 Å². The SMILES string of the molecule is CCOC(=O)CC(CCl)OC(=O)CCl. The van der Waals surface area contributed by atoms with Crippen molar-refractivity contribution in [3.05, 3.63) is 0 Å². The summed E-state index contributed by atoms with van der Waals surface area (Å²) < 4.78 is 9.43. The molecule has 0 amide bonds. The van der Waals surface area contributed by atoms with Gasteiger partial charge in [0.05, 0.1) is 18.9 Å². The maximum Gasteiger partial charge on any atom is 0.321 e. The van der Waals surface area contributed by atoms with Crippen LogP contribution < -0.4 is 0 Å². The van der Waals surface area contributed by atoms with E-state index in [4.69, 9.17) is 27.9 Å². The Balaban J connectivity index is 3.89. The van der Waals surface area contributed by atoms with Crippen molar-refractivity contribution in [3.8, 4) is 0 Å². The topological polar surface area (TPSA) is 52.6 Å². The Morgan fingerprint density at radius 3 is 2.36 bits per heavy atom. The van der Waals surface area contributed by atoms with Crippen molar-refractivity contribution in [1.82, 2.24) is 0 Å². The van der Waals surface area contributed by atoms with Crippen LogP contribution in [0.2, 0.25) is 0 Å². The summed E-state index contributed by atoms with van der Waals surface area (Å²) in [6.07, 6.45) is -0.707. The number of carbonyl (C=O) groups excluding carboxylic acids is 2. The van der Waals surface area contributed by atoms with Crippen molar-refractivity contribution >= 4 is 35.1 Å². The van der Waals surface area contributed by atoms with Gasteiger partial charge in [0.25, 0.3) is 0 Å². The van der Waals surface area contributed by atoms with E-state index in [1.54, 1.807) is 6.92 Å². The van der Waals surface area contributed by atoms with Crippen LogP contribution in [0.15, 0.2) is 0 Å². The Bertz CT molecular complexity index is 196. The van der Waals surface area contributed by atoms with E-state index in [0.717, 1.165) is 0 Å². The van der Waals surface area contributed by atoms with E-state index < -0.39 is 18.0 Å². The third-order valence-electron chi connectivity index (χ3n) is 1.28. The fraction of sp³-hybridized carbons (Fsp3) is 0.750. The zero-order chi connectivity index (χ0) is 11.0. The second-order valence-corrected chi connectivity index (χ2v) is 2.98. The molecule has 1 unspecified atom stereocenters. The fourth-order valence-electron chi connectivity index (χ4n) is 0.751. The van der Waals surface area contributed by atoms with Gasteiger partial charge in [-0.1, -0.05) is 0 Å². The Kier molecular flexibility index (Phi) is 7.61. The normalized spacial score (nSPS) is 11.9. The summed E-state index contributed by atoms with van der Waals surface area (Å²) in [5.74, 6) is -1.25. The summed E-state index contributed by atoms with van der Waals surface area (Å²) in [6, 6.07) is 0. The van der Waals surface area contributed by atoms with Crippen LogP contribution in [0.3, 0.4) is 0 Å². The lowest BCUT2D eigenvalue weighted by atomic mass is 10.3. The van der Waals surface area contributed by atoms with E-state index in [0.29, 0.717) is 0 Å². The van der Waals surface area contributed by atoms with E-state index in [2.05, 4.69) is 4.74 Å². The molecule has 0 N–H and O–H groups in total. The lowest BCUT2D eigenvalue weighted by molar-refractivity contribution is -0.151. The lowest BCUT2D eigenvalue weighted by Gasteiger charge is -2.13. The van der Waals surface area contributed by atoms with E-state index in [1.165, 1.54) is 0 Å². The summed E-state index contributed by atoms with van der Waals surface area (Å²) in [7, 11) is 0. The molecule has 0 aliphatic carbocycles. The molecule has 6 heteroatoms. The largest absolute Gasteiger partial charge is 0.466 e. The standard InChI is InChI=1S/C8H12Cl2O4/c1-2-13-7(11)3-6(4-9)14-8(12)5-10/h6H,2-5H2,1H3. The lowest BCUT2D eigenvalue weighted by Crippen LogP contribution is -2.24. The molecule has 0 bridgehead atoms. The molecule has 0 spiro atoms. The minimum atomic E-state index is -0.665. The van der Waals surface area contributed by atoms with Crippen LogP contribution in [0, 0.1) is 0 Å². The van der Waals surface area contributed by atoms with Crippen LogP contribution in [-0.2, 0) is 19.1 Å². The maximum atomic E-state index is 11.0. The van der Waals surface area contributed by atoms with Crippen molar-refractivity contribution in [2.75, 3.05) is 18.4 Å². The second kappa shape index (κ2) is 7.88. The minimum Gasteiger partial charge on any atom is -0.466 e. The van der Waals surface area contributed by atoms with Crippen molar-refractivity contribution in [3.63, 3.8) is 0 Å². The molecule has 0 saturated carbocycles. The van der Waals surface area contributed by atoms with Gasteiger partial charge in [-0.3, -0.25) is 9.59 Å². The molecule has 0 fully saturated rings. The summed E-state index contributed by atoms with van der Waals surface area (Å²) in [4.78, 5) is 21.7. The Morgan fingerprint density at radius 1 is 1.29 bits per heavy atom. The minimum absolute atomic E-state index is 0.0417. The van der Waals surface area contributed by atoms with Gasteiger partial charge in [0.2, 0.25) is 0 Å². The number of hydrogen-bond acceptors (Lipinski definition) is 4.